The molecule has 2 aromatic carbocycles. The molecule has 0 N–H and O–H groups in total. The van der Waals surface area contributed by atoms with Gasteiger partial charge in [-0.25, -0.2) is 0 Å². The molecule has 23 heavy (non-hydrogen) atoms. The molecule has 0 bridgehead atoms. The first-order valence-corrected chi connectivity index (χ1v) is 7.79. The molecule has 2 rings (SSSR count). The minimum atomic E-state index is -0.168. The number of carbonyl (C=O) groups excluding carboxylic acids is 1. The smallest absolute Gasteiger partial charge is 0.258 e. The highest BCUT2D eigenvalue weighted by Gasteiger charge is 2.19. The van der Waals surface area contributed by atoms with Crippen LogP contribution in [0.1, 0.15) is 23.7 Å². The van der Waals surface area contributed by atoms with Gasteiger partial charge < -0.3 is 14.4 Å². The zero-order chi connectivity index (χ0) is 16.8. The average molecular weight is 334 g/mol. The van der Waals surface area contributed by atoms with Gasteiger partial charge >= 0.3 is 0 Å². The molecule has 0 saturated carbocycles. The van der Waals surface area contributed by atoms with Crippen LogP contribution in [0.2, 0.25) is 5.02 Å². The van der Waals surface area contributed by atoms with Crippen LogP contribution in [-0.2, 0) is 0 Å². The van der Waals surface area contributed by atoms with Crippen molar-refractivity contribution in [2.24, 2.45) is 0 Å². The summed E-state index contributed by atoms with van der Waals surface area (Å²) in [6, 6.07) is 12.7. The molecule has 0 spiro atoms. The van der Waals surface area contributed by atoms with Crippen LogP contribution in [0.15, 0.2) is 42.5 Å². The van der Waals surface area contributed by atoms with Crippen molar-refractivity contribution in [3.05, 3.63) is 53.1 Å². The highest BCUT2D eigenvalue weighted by Crippen LogP contribution is 2.37. The fraction of sp³-hybridized carbons (Fsp3) is 0.278. The van der Waals surface area contributed by atoms with E-state index in [0.717, 1.165) is 12.1 Å². The Kier molecular flexibility index (Phi) is 5.88. The van der Waals surface area contributed by atoms with E-state index in [1.165, 1.54) is 7.11 Å². The van der Waals surface area contributed by atoms with Crippen LogP contribution < -0.4 is 14.4 Å². The molecule has 2 aromatic rings. The number of para-hydroxylation sites is 1. The van der Waals surface area contributed by atoms with Crippen molar-refractivity contribution < 1.29 is 14.3 Å². The summed E-state index contributed by atoms with van der Waals surface area (Å²) in [5.41, 5.74) is 1.25. The molecule has 0 aliphatic rings. The normalized spacial score (nSPS) is 10.3. The Labute approximate surface area is 141 Å². The molecule has 0 atom stereocenters. The largest absolute Gasteiger partial charge is 0.493 e. The highest BCUT2D eigenvalue weighted by atomic mass is 35.5. The van der Waals surface area contributed by atoms with E-state index in [1.807, 2.05) is 37.3 Å². The van der Waals surface area contributed by atoms with Gasteiger partial charge in [0.15, 0.2) is 11.5 Å². The Bertz CT molecular complexity index is 673. The van der Waals surface area contributed by atoms with E-state index in [0.29, 0.717) is 28.7 Å². The zero-order valence-electron chi connectivity index (χ0n) is 13.5. The van der Waals surface area contributed by atoms with Crippen molar-refractivity contribution in [2.75, 3.05) is 25.7 Å². The number of nitrogens with zero attached hydrogens (tertiary/aromatic N) is 1. The maximum Gasteiger partial charge on any atom is 0.258 e. The number of amides is 1. The van der Waals surface area contributed by atoms with Crippen molar-refractivity contribution in [3.63, 3.8) is 0 Å². The third-order valence-electron chi connectivity index (χ3n) is 3.38. The molecule has 4 nitrogen and oxygen atoms in total. The third kappa shape index (κ3) is 3.96. The van der Waals surface area contributed by atoms with Crippen molar-refractivity contribution in [2.45, 2.75) is 13.3 Å². The van der Waals surface area contributed by atoms with Gasteiger partial charge in [0.05, 0.1) is 18.7 Å². The summed E-state index contributed by atoms with van der Waals surface area (Å²) in [7, 11) is 3.25. The third-order valence-corrected chi connectivity index (χ3v) is 3.66. The van der Waals surface area contributed by atoms with Gasteiger partial charge in [-0.15, -0.1) is 0 Å². The van der Waals surface area contributed by atoms with Gasteiger partial charge in [0.25, 0.3) is 5.91 Å². The van der Waals surface area contributed by atoms with Crippen LogP contribution in [0.5, 0.6) is 11.5 Å². The number of hydrogen-bond donors (Lipinski definition) is 0. The minimum absolute atomic E-state index is 0.168. The van der Waals surface area contributed by atoms with E-state index in [4.69, 9.17) is 21.1 Å². The summed E-state index contributed by atoms with van der Waals surface area (Å²) in [5, 5.41) is 0.364. The molecule has 5 heteroatoms. The van der Waals surface area contributed by atoms with E-state index >= 15 is 0 Å². The SMILES string of the molecule is CCCOc1c(Cl)cc(C(=O)N(C)c2ccccc2)cc1OC. The second kappa shape index (κ2) is 7.88. The summed E-state index contributed by atoms with van der Waals surface area (Å²) in [4.78, 5) is 14.2. The van der Waals surface area contributed by atoms with Gasteiger partial charge in [-0.1, -0.05) is 36.7 Å². The molecule has 122 valence electrons. The fourth-order valence-corrected chi connectivity index (χ4v) is 2.42. The lowest BCUT2D eigenvalue weighted by molar-refractivity contribution is 0.0992. The van der Waals surface area contributed by atoms with Crippen LogP contribution in [-0.4, -0.2) is 26.7 Å². The molecule has 0 aromatic heterocycles. The van der Waals surface area contributed by atoms with Crippen molar-refractivity contribution in [1.29, 1.82) is 0 Å². The van der Waals surface area contributed by atoms with Crippen molar-refractivity contribution in [3.8, 4) is 11.5 Å². The first kappa shape index (κ1) is 17.2. The van der Waals surface area contributed by atoms with Crippen molar-refractivity contribution >= 4 is 23.2 Å². The number of ether oxygens (including phenoxy) is 2. The van der Waals surface area contributed by atoms with Crippen molar-refractivity contribution in [1.82, 2.24) is 0 Å². The van der Waals surface area contributed by atoms with Crippen LogP contribution in [0.4, 0.5) is 5.69 Å². The maximum atomic E-state index is 12.7. The summed E-state index contributed by atoms with van der Waals surface area (Å²) < 4.78 is 10.9. The molecule has 0 fully saturated rings. The Morgan fingerprint density at radius 1 is 1.22 bits per heavy atom. The van der Waals surface area contributed by atoms with Crippen LogP contribution in [0.3, 0.4) is 0 Å². The lowest BCUT2D eigenvalue weighted by Gasteiger charge is -2.19. The van der Waals surface area contributed by atoms with E-state index in [1.54, 1.807) is 24.1 Å². The minimum Gasteiger partial charge on any atom is -0.493 e. The standard InChI is InChI=1S/C18H20ClNO3/c1-4-10-23-17-15(19)11-13(12-16(17)22-3)18(21)20(2)14-8-6-5-7-9-14/h5-9,11-12H,4,10H2,1-3H3. The summed E-state index contributed by atoms with van der Waals surface area (Å²) >= 11 is 6.27. The first-order valence-electron chi connectivity index (χ1n) is 7.42. The number of anilines is 1. The average Bonchev–Trinajstić information content (AvgIpc) is 2.59. The number of methoxy groups -OCH3 is 1. The molecule has 0 saturated heterocycles. The Balaban J connectivity index is 2.32. The predicted molar refractivity (Wildman–Crippen MR) is 93.0 cm³/mol. The maximum absolute atomic E-state index is 12.7. The monoisotopic (exact) mass is 333 g/mol. The van der Waals surface area contributed by atoms with Gasteiger partial charge in [0.1, 0.15) is 0 Å². The molecular formula is C18H20ClNO3. The molecule has 0 heterocycles. The van der Waals surface area contributed by atoms with Gasteiger partial charge in [-0.3, -0.25) is 4.79 Å². The van der Waals surface area contributed by atoms with Gasteiger partial charge in [0, 0.05) is 18.3 Å². The Morgan fingerprint density at radius 3 is 2.52 bits per heavy atom. The van der Waals surface area contributed by atoms with Crippen LogP contribution in [0.25, 0.3) is 0 Å². The Morgan fingerprint density at radius 2 is 1.91 bits per heavy atom. The molecule has 0 radical (unpaired) electrons. The second-order valence-electron chi connectivity index (χ2n) is 5.04. The lowest BCUT2D eigenvalue weighted by Crippen LogP contribution is -2.26. The molecule has 0 unspecified atom stereocenters. The van der Waals surface area contributed by atoms with E-state index in [9.17, 15) is 4.79 Å². The van der Waals surface area contributed by atoms with E-state index in [-0.39, 0.29) is 5.91 Å². The summed E-state index contributed by atoms with van der Waals surface area (Å²) in [6.45, 7) is 2.54. The van der Waals surface area contributed by atoms with E-state index in [2.05, 4.69) is 0 Å². The quantitative estimate of drug-likeness (QED) is 0.785. The first-order chi connectivity index (χ1) is 11.1. The van der Waals surface area contributed by atoms with E-state index < -0.39 is 0 Å². The lowest BCUT2D eigenvalue weighted by atomic mass is 10.1. The molecule has 0 aliphatic heterocycles. The predicted octanol–water partition coefficient (Wildman–Crippen LogP) is 4.41. The second-order valence-corrected chi connectivity index (χ2v) is 5.44. The highest BCUT2D eigenvalue weighted by molar-refractivity contribution is 6.32. The zero-order valence-corrected chi connectivity index (χ0v) is 14.3. The molecular weight excluding hydrogens is 314 g/mol. The topological polar surface area (TPSA) is 38.8 Å². The van der Waals surface area contributed by atoms with Crippen LogP contribution in [0, 0.1) is 0 Å². The van der Waals surface area contributed by atoms with Gasteiger partial charge in [0.2, 0.25) is 0 Å². The number of benzene rings is 2. The molecule has 0 aliphatic carbocycles. The number of hydrogen-bond acceptors (Lipinski definition) is 3. The number of halogens is 1. The van der Waals surface area contributed by atoms with Crippen LogP contribution >= 0.6 is 11.6 Å². The summed E-state index contributed by atoms with van der Waals surface area (Å²) in [5.74, 6) is 0.754. The van der Waals surface area contributed by atoms with Gasteiger partial charge in [-0.2, -0.15) is 0 Å². The van der Waals surface area contributed by atoms with Gasteiger partial charge in [-0.05, 0) is 30.7 Å². The molecule has 1 amide bonds. The number of carbonyl (C=O) groups is 1. The summed E-state index contributed by atoms with van der Waals surface area (Å²) in [6.07, 6.45) is 0.858. The fourth-order valence-electron chi connectivity index (χ4n) is 2.15. The number of rotatable bonds is 6. The Hall–Kier alpha value is -2.20.